The average molecular weight is 415 g/mol. The van der Waals surface area contributed by atoms with Crippen molar-refractivity contribution in [3.63, 3.8) is 0 Å². The maximum atomic E-state index is 13.8. The predicted molar refractivity (Wildman–Crippen MR) is 103 cm³/mol. The van der Waals surface area contributed by atoms with Crippen LogP contribution in [0.15, 0.2) is 65.8 Å². The summed E-state index contributed by atoms with van der Waals surface area (Å²) < 4.78 is 42.6. The molecule has 1 atom stereocenters. The number of nitrogens with zero attached hydrogens (tertiary/aromatic N) is 4. The molecule has 3 aromatic rings. The molecule has 1 fully saturated rings. The maximum absolute atomic E-state index is 13.8. The quantitative estimate of drug-likeness (QED) is 0.690. The Morgan fingerprint density at radius 2 is 1.90 bits per heavy atom. The smallest absolute Gasteiger partial charge is 0.264 e. The van der Waals surface area contributed by atoms with Crippen LogP contribution in [0.5, 0.6) is 0 Å². The molecule has 1 aromatic heterocycles. The summed E-state index contributed by atoms with van der Waals surface area (Å²) >= 11 is 0. The van der Waals surface area contributed by atoms with Gasteiger partial charge in [-0.2, -0.15) is 0 Å². The number of hydrogen-bond donors (Lipinski definition) is 1. The second-order valence-electron chi connectivity index (χ2n) is 6.69. The first-order valence-corrected chi connectivity index (χ1v) is 10.4. The molecule has 0 saturated carbocycles. The standard InChI is InChI=1S/C19H18FN5O3S/c20-17-3-1-2-4-18(17)29(27,28)22-15-7-5-14(6-8-15)19(26)24-11-9-16(13-24)25-12-10-21-23-25/h1-8,10,12,16,22H,9,11,13H2. The summed E-state index contributed by atoms with van der Waals surface area (Å²) in [7, 11) is -4.06. The van der Waals surface area contributed by atoms with Crippen molar-refractivity contribution < 1.29 is 17.6 Å². The molecule has 1 aliphatic heterocycles. The number of halogens is 1. The Labute approximate surface area is 167 Å². The second kappa shape index (κ2) is 7.63. The molecule has 2 aromatic carbocycles. The van der Waals surface area contributed by atoms with Crippen LogP contribution in [-0.4, -0.2) is 47.3 Å². The Bertz CT molecular complexity index is 1120. The van der Waals surface area contributed by atoms with Gasteiger partial charge in [-0.05, 0) is 42.8 Å². The highest BCUT2D eigenvalue weighted by atomic mass is 32.2. The zero-order chi connectivity index (χ0) is 20.4. The fraction of sp³-hybridized carbons (Fsp3) is 0.211. The fourth-order valence-electron chi connectivity index (χ4n) is 3.29. The molecule has 8 nitrogen and oxygen atoms in total. The number of amides is 1. The third kappa shape index (κ3) is 3.97. The lowest BCUT2D eigenvalue weighted by atomic mass is 10.2. The molecular weight excluding hydrogens is 397 g/mol. The molecule has 29 heavy (non-hydrogen) atoms. The van der Waals surface area contributed by atoms with E-state index in [2.05, 4.69) is 15.0 Å². The van der Waals surface area contributed by atoms with Crippen LogP contribution in [0.1, 0.15) is 22.8 Å². The number of anilines is 1. The SMILES string of the molecule is O=C(c1ccc(NS(=O)(=O)c2ccccc2F)cc1)N1CCC(n2ccnn2)C1. The van der Waals surface area contributed by atoms with E-state index in [1.54, 1.807) is 34.1 Å². The van der Waals surface area contributed by atoms with Gasteiger partial charge in [-0.1, -0.05) is 17.3 Å². The first kappa shape index (κ1) is 19.1. The Morgan fingerprint density at radius 3 is 2.59 bits per heavy atom. The number of sulfonamides is 1. The van der Waals surface area contributed by atoms with E-state index in [9.17, 15) is 17.6 Å². The van der Waals surface area contributed by atoms with E-state index in [1.165, 1.54) is 30.3 Å². The van der Waals surface area contributed by atoms with Crippen LogP contribution in [-0.2, 0) is 10.0 Å². The minimum absolute atomic E-state index is 0.0910. The number of rotatable bonds is 5. The van der Waals surface area contributed by atoms with Crippen molar-refractivity contribution >= 4 is 21.6 Å². The van der Waals surface area contributed by atoms with Crippen molar-refractivity contribution in [2.24, 2.45) is 0 Å². The summed E-state index contributed by atoms with van der Waals surface area (Å²) in [5.41, 5.74) is 0.685. The van der Waals surface area contributed by atoms with E-state index in [0.29, 0.717) is 18.7 Å². The number of aromatic nitrogens is 3. The van der Waals surface area contributed by atoms with E-state index in [4.69, 9.17) is 0 Å². The van der Waals surface area contributed by atoms with E-state index in [-0.39, 0.29) is 17.6 Å². The van der Waals surface area contributed by atoms with Crippen LogP contribution < -0.4 is 4.72 Å². The van der Waals surface area contributed by atoms with Gasteiger partial charge in [0.2, 0.25) is 0 Å². The zero-order valence-electron chi connectivity index (χ0n) is 15.3. The second-order valence-corrected chi connectivity index (χ2v) is 8.34. The van der Waals surface area contributed by atoms with E-state index >= 15 is 0 Å². The molecule has 1 saturated heterocycles. The van der Waals surface area contributed by atoms with Crippen LogP contribution in [0, 0.1) is 5.82 Å². The number of hydrogen-bond acceptors (Lipinski definition) is 5. The van der Waals surface area contributed by atoms with Crippen molar-refractivity contribution in [3.05, 3.63) is 72.3 Å². The molecule has 2 heterocycles. The third-order valence-corrected chi connectivity index (χ3v) is 6.19. The van der Waals surface area contributed by atoms with E-state index < -0.39 is 20.7 Å². The van der Waals surface area contributed by atoms with Crippen LogP contribution in [0.4, 0.5) is 10.1 Å². The van der Waals surface area contributed by atoms with Gasteiger partial charge < -0.3 is 4.90 Å². The van der Waals surface area contributed by atoms with Crippen LogP contribution >= 0.6 is 0 Å². The molecular formula is C19H18FN5O3S. The number of likely N-dealkylation sites (tertiary alicyclic amines) is 1. The summed E-state index contributed by atoms with van der Waals surface area (Å²) in [5.74, 6) is -0.973. The lowest BCUT2D eigenvalue weighted by molar-refractivity contribution is 0.0787. The predicted octanol–water partition coefficient (Wildman–Crippen LogP) is 2.31. The average Bonchev–Trinajstić information content (AvgIpc) is 3.40. The summed E-state index contributed by atoms with van der Waals surface area (Å²) in [6, 6.07) is 11.3. The lowest BCUT2D eigenvalue weighted by Gasteiger charge is -2.17. The van der Waals surface area contributed by atoms with Gasteiger partial charge in [-0.15, -0.1) is 5.10 Å². The fourth-order valence-corrected chi connectivity index (χ4v) is 4.43. The van der Waals surface area contributed by atoms with Gasteiger partial charge in [0.25, 0.3) is 15.9 Å². The maximum Gasteiger partial charge on any atom is 0.264 e. The highest BCUT2D eigenvalue weighted by molar-refractivity contribution is 7.92. The Kier molecular flexibility index (Phi) is 5.01. The summed E-state index contributed by atoms with van der Waals surface area (Å²) in [6.45, 7) is 1.13. The van der Waals surface area contributed by atoms with E-state index in [0.717, 1.165) is 12.5 Å². The molecule has 1 unspecified atom stereocenters. The monoisotopic (exact) mass is 415 g/mol. The van der Waals surface area contributed by atoms with Crippen LogP contribution in [0.25, 0.3) is 0 Å². The molecule has 4 rings (SSSR count). The molecule has 0 spiro atoms. The minimum atomic E-state index is -4.06. The Morgan fingerprint density at radius 1 is 1.14 bits per heavy atom. The number of carbonyl (C=O) groups excluding carboxylic acids is 1. The van der Waals surface area contributed by atoms with Crippen molar-refractivity contribution in [2.45, 2.75) is 17.4 Å². The molecule has 0 aliphatic carbocycles. The molecule has 1 aliphatic rings. The summed E-state index contributed by atoms with van der Waals surface area (Å²) in [5, 5.41) is 7.77. The highest BCUT2D eigenvalue weighted by Gasteiger charge is 2.28. The molecule has 1 amide bonds. The first-order chi connectivity index (χ1) is 13.9. The van der Waals surface area contributed by atoms with Crippen molar-refractivity contribution in [3.8, 4) is 0 Å². The molecule has 1 N–H and O–H groups in total. The topological polar surface area (TPSA) is 97.2 Å². The Balaban J connectivity index is 1.44. The van der Waals surface area contributed by atoms with Gasteiger partial charge in [0.15, 0.2) is 0 Å². The summed E-state index contributed by atoms with van der Waals surface area (Å²) in [6.07, 6.45) is 4.16. The first-order valence-electron chi connectivity index (χ1n) is 8.96. The molecule has 0 radical (unpaired) electrons. The minimum Gasteiger partial charge on any atom is -0.336 e. The van der Waals surface area contributed by atoms with Gasteiger partial charge >= 0.3 is 0 Å². The van der Waals surface area contributed by atoms with Crippen molar-refractivity contribution in [2.75, 3.05) is 17.8 Å². The van der Waals surface area contributed by atoms with Crippen molar-refractivity contribution in [1.29, 1.82) is 0 Å². The zero-order valence-corrected chi connectivity index (χ0v) is 16.1. The molecule has 150 valence electrons. The number of nitrogens with one attached hydrogen (secondary N) is 1. The Hall–Kier alpha value is -3.27. The van der Waals surface area contributed by atoms with E-state index in [1.807, 2.05) is 0 Å². The molecule has 0 bridgehead atoms. The van der Waals surface area contributed by atoms with Gasteiger partial charge in [0.1, 0.15) is 10.7 Å². The molecule has 10 heteroatoms. The van der Waals surface area contributed by atoms with Crippen LogP contribution in [0.3, 0.4) is 0 Å². The van der Waals surface area contributed by atoms with Gasteiger partial charge in [-0.3, -0.25) is 9.52 Å². The summed E-state index contributed by atoms with van der Waals surface area (Å²) in [4.78, 5) is 14.0. The normalized spacial score (nSPS) is 16.7. The highest BCUT2D eigenvalue weighted by Crippen LogP contribution is 2.23. The largest absolute Gasteiger partial charge is 0.336 e. The third-order valence-electron chi connectivity index (χ3n) is 4.78. The number of benzene rings is 2. The number of carbonyl (C=O) groups is 1. The lowest BCUT2D eigenvalue weighted by Crippen LogP contribution is -2.29. The van der Waals surface area contributed by atoms with Gasteiger partial charge in [0, 0.05) is 30.5 Å². The van der Waals surface area contributed by atoms with Crippen LogP contribution in [0.2, 0.25) is 0 Å². The van der Waals surface area contributed by atoms with Gasteiger partial charge in [0.05, 0.1) is 12.2 Å². The van der Waals surface area contributed by atoms with Crippen molar-refractivity contribution in [1.82, 2.24) is 19.9 Å². The van der Waals surface area contributed by atoms with Gasteiger partial charge in [-0.25, -0.2) is 17.5 Å².